The number of fused-ring (bicyclic) bond motifs is 1. The third-order valence-electron chi connectivity index (χ3n) is 7.27. The Labute approximate surface area is 204 Å². The Morgan fingerprint density at radius 3 is 2.18 bits per heavy atom. The van der Waals surface area contributed by atoms with Crippen molar-refractivity contribution in [3.63, 3.8) is 0 Å². The summed E-state index contributed by atoms with van der Waals surface area (Å²) in [4.78, 5) is 34.4. The Morgan fingerprint density at radius 2 is 1.53 bits per heavy atom. The van der Waals surface area contributed by atoms with E-state index in [4.69, 9.17) is 4.98 Å². The highest BCUT2D eigenvalue weighted by Gasteiger charge is 2.26. The topological polar surface area (TPSA) is 65.5 Å². The Balaban J connectivity index is 1.38. The summed E-state index contributed by atoms with van der Waals surface area (Å²) >= 11 is 0. The molecule has 1 aromatic carbocycles. The van der Waals surface area contributed by atoms with Gasteiger partial charge in [-0.1, -0.05) is 27.7 Å². The fraction of sp³-hybridized carbons (Fsp3) is 0.607. The van der Waals surface area contributed by atoms with E-state index in [0.29, 0.717) is 23.7 Å². The number of amides is 2. The highest BCUT2D eigenvalue weighted by molar-refractivity contribution is 5.96. The molecule has 6 heteroatoms. The fourth-order valence-electron chi connectivity index (χ4n) is 5.93. The quantitative estimate of drug-likeness (QED) is 0.656. The van der Waals surface area contributed by atoms with Crippen LogP contribution < -0.4 is 10.2 Å². The third-order valence-corrected chi connectivity index (χ3v) is 7.27. The van der Waals surface area contributed by atoms with Crippen LogP contribution in [0.3, 0.4) is 0 Å². The minimum Gasteiger partial charge on any atom is -0.356 e. The molecule has 2 saturated heterocycles. The van der Waals surface area contributed by atoms with Gasteiger partial charge in [-0.3, -0.25) is 9.59 Å². The van der Waals surface area contributed by atoms with Crippen molar-refractivity contribution in [3.8, 4) is 0 Å². The molecule has 0 aliphatic carbocycles. The van der Waals surface area contributed by atoms with Gasteiger partial charge in [-0.15, -0.1) is 0 Å². The van der Waals surface area contributed by atoms with Crippen LogP contribution in [-0.2, 0) is 9.59 Å². The molecular weight excluding hydrogens is 424 g/mol. The molecule has 1 aromatic heterocycles. The Bertz CT molecular complexity index is 1030. The molecule has 2 aliphatic heterocycles. The zero-order valence-electron chi connectivity index (χ0n) is 21.4. The molecule has 0 saturated carbocycles. The monoisotopic (exact) mass is 464 g/mol. The molecular formula is C28H40N4O2. The van der Waals surface area contributed by atoms with Crippen LogP contribution in [0, 0.1) is 30.6 Å². The predicted molar refractivity (Wildman–Crippen MR) is 139 cm³/mol. The van der Waals surface area contributed by atoms with Gasteiger partial charge >= 0.3 is 0 Å². The summed E-state index contributed by atoms with van der Waals surface area (Å²) in [6.07, 6.45) is 2.90. The standard InChI is InChI=1S/C28H40N4O2/c1-18-10-19(2)15-31(14-18)26-12-22(5)24-13-23(6-7-25(24)30-26)29-27(33)8-9-28(34)32-16-20(3)11-21(4)17-32/h6-7,12-13,18-21H,8-11,14-17H2,1-5H3,(H,29,33)/t18-,19+,20-,21+. The normalized spacial score (nSPS) is 25.4. The molecule has 34 heavy (non-hydrogen) atoms. The van der Waals surface area contributed by atoms with E-state index in [1.807, 2.05) is 23.1 Å². The van der Waals surface area contributed by atoms with Gasteiger partial charge in [0, 0.05) is 50.1 Å². The van der Waals surface area contributed by atoms with Gasteiger partial charge in [0.15, 0.2) is 0 Å². The Kier molecular flexibility index (Phi) is 7.44. The highest BCUT2D eigenvalue weighted by atomic mass is 16.2. The maximum atomic E-state index is 12.6. The second-order valence-electron chi connectivity index (χ2n) is 11.2. The Morgan fingerprint density at radius 1 is 0.912 bits per heavy atom. The number of benzene rings is 1. The van der Waals surface area contributed by atoms with Gasteiger partial charge in [0.05, 0.1) is 5.52 Å². The average molecular weight is 465 g/mol. The van der Waals surface area contributed by atoms with Crippen molar-refractivity contribution in [3.05, 3.63) is 29.8 Å². The van der Waals surface area contributed by atoms with Gasteiger partial charge < -0.3 is 15.1 Å². The van der Waals surface area contributed by atoms with Crippen molar-refractivity contribution in [2.75, 3.05) is 36.4 Å². The van der Waals surface area contributed by atoms with Gasteiger partial charge in [0.2, 0.25) is 11.8 Å². The first-order valence-electron chi connectivity index (χ1n) is 12.9. The molecule has 0 radical (unpaired) electrons. The lowest BCUT2D eigenvalue weighted by Crippen LogP contribution is -2.42. The number of hydrogen-bond donors (Lipinski definition) is 1. The minimum absolute atomic E-state index is 0.0842. The van der Waals surface area contributed by atoms with E-state index in [2.05, 4.69) is 50.9 Å². The number of aryl methyl sites for hydroxylation is 1. The minimum atomic E-state index is -0.121. The first-order valence-corrected chi connectivity index (χ1v) is 12.9. The fourth-order valence-corrected chi connectivity index (χ4v) is 5.93. The SMILES string of the molecule is Cc1cc(N2C[C@H](C)C[C@H](C)C2)nc2ccc(NC(=O)CCC(=O)N3C[C@H](C)C[C@H](C)C3)cc12. The maximum Gasteiger partial charge on any atom is 0.224 e. The van der Waals surface area contributed by atoms with Gasteiger partial charge in [-0.25, -0.2) is 4.98 Å². The van der Waals surface area contributed by atoms with E-state index in [-0.39, 0.29) is 24.7 Å². The molecule has 0 bridgehead atoms. The molecule has 0 spiro atoms. The number of rotatable bonds is 5. The van der Waals surface area contributed by atoms with Crippen LogP contribution in [0.25, 0.3) is 10.9 Å². The number of hydrogen-bond acceptors (Lipinski definition) is 4. The molecule has 2 aromatic rings. The lowest BCUT2D eigenvalue weighted by molar-refractivity contribution is -0.135. The first kappa shape index (κ1) is 24.5. The molecule has 6 nitrogen and oxygen atoms in total. The van der Waals surface area contributed by atoms with Crippen LogP contribution in [0.2, 0.25) is 0 Å². The van der Waals surface area contributed by atoms with E-state index in [9.17, 15) is 9.59 Å². The molecule has 3 heterocycles. The van der Waals surface area contributed by atoms with Crippen LogP contribution in [0.1, 0.15) is 58.9 Å². The van der Waals surface area contributed by atoms with Crippen LogP contribution >= 0.6 is 0 Å². The van der Waals surface area contributed by atoms with Crippen LogP contribution in [0.15, 0.2) is 24.3 Å². The number of nitrogens with zero attached hydrogens (tertiary/aromatic N) is 3. The molecule has 4 atom stereocenters. The lowest BCUT2D eigenvalue weighted by Gasteiger charge is -2.36. The number of aromatic nitrogens is 1. The number of carbonyl (C=O) groups excluding carboxylic acids is 2. The molecule has 2 aliphatic rings. The second-order valence-corrected chi connectivity index (χ2v) is 11.2. The maximum absolute atomic E-state index is 12.6. The second kappa shape index (κ2) is 10.3. The van der Waals surface area contributed by atoms with Crippen LogP contribution in [0.4, 0.5) is 11.5 Å². The summed E-state index contributed by atoms with van der Waals surface area (Å²) in [7, 11) is 0. The molecule has 2 amide bonds. The largest absolute Gasteiger partial charge is 0.356 e. The molecule has 184 valence electrons. The van der Waals surface area contributed by atoms with Crippen LogP contribution in [0.5, 0.6) is 0 Å². The van der Waals surface area contributed by atoms with Gasteiger partial charge in [-0.05, 0) is 73.3 Å². The first-order chi connectivity index (χ1) is 16.2. The number of nitrogens with one attached hydrogen (secondary N) is 1. The van der Waals surface area contributed by atoms with E-state index in [1.165, 1.54) is 6.42 Å². The van der Waals surface area contributed by atoms with Crippen molar-refractivity contribution in [1.29, 1.82) is 0 Å². The van der Waals surface area contributed by atoms with Gasteiger partial charge in [-0.2, -0.15) is 0 Å². The summed E-state index contributed by atoms with van der Waals surface area (Å²) < 4.78 is 0. The van der Waals surface area contributed by atoms with E-state index >= 15 is 0 Å². The molecule has 4 rings (SSSR count). The summed E-state index contributed by atoms with van der Waals surface area (Å²) in [5.74, 6) is 3.40. The van der Waals surface area contributed by atoms with E-state index in [1.54, 1.807) is 0 Å². The average Bonchev–Trinajstić information content (AvgIpc) is 2.76. The highest BCUT2D eigenvalue weighted by Crippen LogP contribution is 2.29. The van der Waals surface area contributed by atoms with Crippen molar-refractivity contribution in [1.82, 2.24) is 9.88 Å². The molecule has 0 unspecified atom stereocenters. The number of anilines is 2. The van der Waals surface area contributed by atoms with Crippen molar-refractivity contribution in [2.45, 2.75) is 60.3 Å². The van der Waals surface area contributed by atoms with Crippen molar-refractivity contribution >= 4 is 34.2 Å². The number of piperidine rings is 2. The Hall–Kier alpha value is -2.63. The summed E-state index contributed by atoms with van der Waals surface area (Å²) in [6.45, 7) is 14.8. The number of likely N-dealkylation sites (tertiary alicyclic amines) is 1. The number of carbonyl (C=O) groups is 2. The van der Waals surface area contributed by atoms with Crippen molar-refractivity contribution < 1.29 is 9.59 Å². The number of pyridine rings is 1. The van der Waals surface area contributed by atoms with Crippen molar-refractivity contribution in [2.24, 2.45) is 23.7 Å². The molecule has 2 fully saturated rings. The zero-order chi connectivity index (χ0) is 24.4. The summed E-state index contributed by atoms with van der Waals surface area (Å²) in [5, 5.41) is 4.03. The van der Waals surface area contributed by atoms with E-state index < -0.39 is 0 Å². The zero-order valence-corrected chi connectivity index (χ0v) is 21.4. The van der Waals surface area contributed by atoms with E-state index in [0.717, 1.165) is 60.6 Å². The molecule has 1 N–H and O–H groups in total. The lowest BCUT2D eigenvalue weighted by atomic mass is 9.91. The predicted octanol–water partition coefficient (Wildman–Crippen LogP) is 5.25. The third kappa shape index (κ3) is 5.89. The summed E-state index contributed by atoms with van der Waals surface area (Å²) in [5.41, 5.74) is 2.86. The summed E-state index contributed by atoms with van der Waals surface area (Å²) in [6, 6.07) is 8.06. The van der Waals surface area contributed by atoms with Crippen LogP contribution in [-0.4, -0.2) is 47.9 Å². The van der Waals surface area contributed by atoms with Gasteiger partial charge in [0.25, 0.3) is 0 Å². The van der Waals surface area contributed by atoms with Gasteiger partial charge in [0.1, 0.15) is 5.82 Å². The smallest absolute Gasteiger partial charge is 0.224 e.